The van der Waals surface area contributed by atoms with Crippen LogP contribution >= 0.6 is 34.3 Å². The molecule has 0 atom stereocenters. The van der Waals surface area contributed by atoms with Crippen molar-refractivity contribution in [2.75, 3.05) is 37.6 Å². The third kappa shape index (κ3) is 4.55. The predicted molar refractivity (Wildman–Crippen MR) is 135 cm³/mol. The number of H-pyrrole nitrogens is 1. The van der Waals surface area contributed by atoms with Gasteiger partial charge in [-0.3, -0.25) is 4.90 Å². The van der Waals surface area contributed by atoms with Crippen molar-refractivity contribution in [2.24, 2.45) is 0 Å². The number of hydrogen-bond acceptors (Lipinski definition) is 6. The van der Waals surface area contributed by atoms with Gasteiger partial charge in [-0.25, -0.2) is 4.98 Å². The molecule has 0 bridgehead atoms. The monoisotopic (exact) mass is 481 g/mol. The maximum atomic E-state index is 9.15. The van der Waals surface area contributed by atoms with Gasteiger partial charge >= 0.3 is 0 Å². The van der Waals surface area contributed by atoms with Gasteiger partial charge in [0.2, 0.25) is 0 Å². The number of nitrogens with one attached hydrogen (secondary N) is 1. The quantitative estimate of drug-likeness (QED) is 0.328. The van der Waals surface area contributed by atoms with Crippen LogP contribution < -0.4 is 4.90 Å². The Hall–Kier alpha value is -2.37. The molecule has 8 heteroatoms. The standard InChI is InChI=1S/C24H24ClN5S2/c25-20-6-12-31-23(20)22-16-32-24(28-22)30-10-8-29(9-11-30)7-2-1-3-18-15-27-21-5-4-17(14-26)13-19(18)21/h4-6,12-13,15-16,27H,1-3,7-11H2. The van der Waals surface area contributed by atoms with E-state index in [9.17, 15) is 0 Å². The molecule has 4 aromatic rings. The van der Waals surface area contributed by atoms with Crippen molar-refractivity contribution >= 4 is 50.3 Å². The minimum absolute atomic E-state index is 0.724. The van der Waals surface area contributed by atoms with Gasteiger partial charge in [-0.05, 0) is 61.0 Å². The summed E-state index contributed by atoms with van der Waals surface area (Å²) in [5, 5.41) is 16.3. The molecule has 1 aliphatic rings. The summed E-state index contributed by atoms with van der Waals surface area (Å²) in [7, 11) is 0. The molecule has 4 heterocycles. The molecular weight excluding hydrogens is 458 g/mol. The highest BCUT2D eigenvalue weighted by Gasteiger charge is 2.20. The molecule has 0 spiro atoms. The van der Waals surface area contributed by atoms with Gasteiger partial charge in [0.05, 0.1) is 27.2 Å². The Bertz CT molecular complexity index is 1240. The number of nitrogens with zero attached hydrogens (tertiary/aromatic N) is 4. The van der Waals surface area contributed by atoms with Crippen LogP contribution in [0.25, 0.3) is 21.5 Å². The van der Waals surface area contributed by atoms with Crippen LogP contribution in [0.3, 0.4) is 0 Å². The maximum absolute atomic E-state index is 9.15. The number of thiazole rings is 1. The minimum atomic E-state index is 0.724. The Morgan fingerprint density at radius 3 is 2.78 bits per heavy atom. The largest absolute Gasteiger partial charge is 0.361 e. The fourth-order valence-electron chi connectivity index (χ4n) is 4.26. The van der Waals surface area contributed by atoms with Crippen LogP contribution in [-0.2, 0) is 6.42 Å². The van der Waals surface area contributed by atoms with Crippen LogP contribution in [0.5, 0.6) is 0 Å². The lowest BCUT2D eigenvalue weighted by atomic mass is 10.1. The lowest BCUT2D eigenvalue weighted by molar-refractivity contribution is 0.253. The number of aromatic amines is 1. The zero-order valence-electron chi connectivity index (χ0n) is 17.7. The predicted octanol–water partition coefficient (Wildman–Crippen LogP) is 6.02. The first kappa shape index (κ1) is 21.5. The van der Waals surface area contributed by atoms with Crippen LogP contribution in [0.2, 0.25) is 5.02 Å². The summed E-state index contributed by atoms with van der Waals surface area (Å²) >= 11 is 9.62. The molecule has 1 saturated heterocycles. The van der Waals surface area contributed by atoms with Crippen LogP contribution in [-0.4, -0.2) is 47.6 Å². The molecule has 32 heavy (non-hydrogen) atoms. The Labute approximate surface area is 200 Å². The smallest absolute Gasteiger partial charge is 0.185 e. The van der Waals surface area contributed by atoms with Crippen molar-refractivity contribution in [3.8, 4) is 16.6 Å². The number of fused-ring (bicyclic) bond motifs is 1. The second kappa shape index (κ2) is 9.63. The fourth-order valence-corrected chi connectivity index (χ4v) is 6.32. The first-order valence-electron chi connectivity index (χ1n) is 10.9. The van der Waals surface area contributed by atoms with Gasteiger partial charge < -0.3 is 9.88 Å². The van der Waals surface area contributed by atoms with E-state index >= 15 is 0 Å². The molecule has 0 aliphatic carbocycles. The Morgan fingerprint density at radius 2 is 2.00 bits per heavy atom. The van der Waals surface area contributed by atoms with Crippen molar-refractivity contribution in [3.05, 3.63) is 57.4 Å². The second-order valence-electron chi connectivity index (χ2n) is 8.08. The number of halogens is 1. The second-order valence-corrected chi connectivity index (χ2v) is 10.2. The first-order chi connectivity index (χ1) is 15.7. The number of unbranched alkanes of at least 4 members (excludes halogenated alkanes) is 1. The molecule has 1 fully saturated rings. The molecule has 5 rings (SSSR count). The van der Waals surface area contributed by atoms with Crippen molar-refractivity contribution in [1.82, 2.24) is 14.9 Å². The number of piperazine rings is 1. The van der Waals surface area contributed by atoms with Crippen molar-refractivity contribution in [1.29, 1.82) is 5.26 Å². The summed E-state index contributed by atoms with van der Waals surface area (Å²) in [4.78, 5) is 14.2. The number of aryl methyl sites for hydroxylation is 1. The Morgan fingerprint density at radius 1 is 1.12 bits per heavy atom. The van der Waals surface area contributed by atoms with Crippen LogP contribution in [0.15, 0.2) is 41.2 Å². The van der Waals surface area contributed by atoms with Crippen LogP contribution in [0, 0.1) is 11.3 Å². The molecule has 0 amide bonds. The van der Waals surface area contributed by atoms with Gasteiger partial charge in [0.15, 0.2) is 5.13 Å². The molecule has 1 aromatic carbocycles. The number of hydrogen-bond donors (Lipinski definition) is 1. The molecule has 0 radical (unpaired) electrons. The van der Waals surface area contributed by atoms with E-state index in [1.165, 1.54) is 17.4 Å². The summed E-state index contributed by atoms with van der Waals surface area (Å²) < 4.78 is 0. The highest BCUT2D eigenvalue weighted by atomic mass is 35.5. The van der Waals surface area contributed by atoms with E-state index < -0.39 is 0 Å². The first-order valence-corrected chi connectivity index (χ1v) is 13.0. The van der Waals surface area contributed by atoms with Gasteiger partial charge in [0.1, 0.15) is 0 Å². The molecule has 0 saturated carbocycles. The molecular formula is C24H24ClN5S2. The molecule has 3 aromatic heterocycles. The number of benzene rings is 1. The third-order valence-corrected chi connectivity index (χ3v) is 8.32. The lowest BCUT2D eigenvalue weighted by Gasteiger charge is -2.34. The van der Waals surface area contributed by atoms with Gasteiger partial charge in [-0.1, -0.05) is 11.6 Å². The van der Waals surface area contributed by atoms with E-state index in [0.717, 1.165) is 77.4 Å². The summed E-state index contributed by atoms with van der Waals surface area (Å²) in [6.45, 7) is 5.32. The number of rotatable bonds is 7. The summed E-state index contributed by atoms with van der Waals surface area (Å²) in [5.41, 5.74) is 4.14. The minimum Gasteiger partial charge on any atom is -0.361 e. The van der Waals surface area contributed by atoms with Crippen molar-refractivity contribution in [2.45, 2.75) is 19.3 Å². The van der Waals surface area contributed by atoms with Crippen LogP contribution in [0.4, 0.5) is 5.13 Å². The number of nitriles is 1. The molecule has 0 unspecified atom stereocenters. The molecule has 1 N–H and O–H groups in total. The van der Waals surface area contributed by atoms with Gasteiger partial charge in [0, 0.05) is 48.7 Å². The lowest BCUT2D eigenvalue weighted by Crippen LogP contribution is -2.46. The molecule has 5 nitrogen and oxygen atoms in total. The topological polar surface area (TPSA) is 59.0 Å². The molecule has 164 valence electrons. The van der Waals surface area contributed by atoms with E-state index in [1.807, 2.05) is 29.6 Å². The normalized spacial score (nSPS) is 14.8. The zero-order valence-corrected chi connectivity index (χ0v) is 20.1. The fraction of sp³-hybridized carbons (Fsp3) is 0.333. The van der Waals surface area contributed by atoms with Gasteiger partial charge in [-0.2, -0.15) is 5.26 Å². The van der Waals surface area contributed by atoms with E-state index in [4.69, 9.17) is 21.8 Å². The SMILES string of the molecule is N#Cc1ccc2[nH]cc(CCCCN3CCN(c4nc(-c5sccc5Cl)cs4)CC3)c2c1. The van der Waals surface area contributed by atoms with E-state index in [2.05, 4.69) is 32.4 Å². The number of thiophene rings is 1. The highest BCUT2D eigenvalue weighted by molar-refractivity contribution is 7.16. The summed E-state index contributed by atoms with van der Waals surface area (Å²) in [6, 6.07) is 10.0. The third-order valence-electron chi connectivity index (χ3n) is 6.05. The Balaban J connectivity index is 1.08. The molecule has 1 aliphatic heterocycles. The number of aromatic nitrogens is 2. The number of anilines is 1. The Kier molecular flexibility index (Phi) is 6.47. The summed E-state index contributed by atoms with van der Waals surface area (Å²) in [5.74, 6) is 0. The maximum Gasteiger partial charge on any atom is 0.185 e. The van der Waals surface area contributed by atoms with E-state index in [0.29, 0.717) is 0 Å². The average Bonchev–Trinajstić information content (AvgIpc) is 3.56. The summed E-state index contributed by atoms with van der Waals surface area (Å²) in [6.07, 6.45) is 5.47. The van der Waals surface area contributed by atoms with Crippen LogP contribution in [0.1, 0.15) is 24.0 Å². The zero-order chi connectivity index (χ0) is 21.9. The van der Waals surface area contributed by atoms with Crippen molar-refractivity contribution < 1.29 is 0 Å². The average molecular weight is 482 g/mol. The van der Waals surface area contributed by atoms with Gasteiger partial charge in [0.25, 0.3) is 0 Å². The van der Waals surface area contributed by atoms with E-state index in [1.54, 1.807) is 22.7 Å². The highest BCUT2D eigenvalue weighted by Crippen LogP contribution is 2.36. The van der Waals surface area contributed by atoms with Gasteiger partial charge in [-0.15, -0.1) is 22.7 Å². The van der Waals surface area contributed by atoms with Crippen molar-refractivity contribution in [3.63, 3.8) is 0 Å². The van der Waals surface area contributed by atoms with E-state index in [-0.39, 0.29) is 0 Å².